The van der Waals surface area contributed by atoms with Gasteiger partial charge in [-0.3, -0.25) is 9.78 Å². The molecule has 0 saturated carbocycles. The molecule has 2 atom stereocenters. The molecule has 0 bridgehead atoms. The highest BCUT2D eigenvalue weighted by Crippen LogP contribution is 2.44. The first-order chi connectivity index (χ1) is 15.2. The number of pyridine rings is 1. The standard InChI is InChI=1S/C20H18F8N4O/c1-9(19(23,24)25)31-18(33)14-7-30-17(20(26,27)28)15(10-4-11(21)6-12(22)5-10)16(14)32-3-2-13(29)8-32/h4-7,9,13H,2-3,8,29H2,1H3,(H,31,33)/t9?,13-/m0/s1. The molecule has 0 radical (unpaired) electrons. The first-order valence-corrected chi connectivity index (χ1v) is 9.63. The fourth-order valence-electron chi connectivity index (χ4n) is 3.53. The molecule has 180 valence electrons. The highest BCUT2D eigenvalue weighted by atomic mass is 19.4. The molecule has 1 aromatic carbocycles. The Morgan fingerprint density at radius 2 is 1.76 bits per heavy atom. The van der Waals surface area contributed by atoms with E-state index in [9.17, 15) is 39.9 Å². The molecule has 13 heteroatoms. The highest BCUT2D eigenvalue weighted by molar-refractivity contribution is 6.04. The Balaban J connectivity index is 2.30. The summed E-state index contributed by atoms with van der Waals surface area (Å²) in [4.78, 5) is 17.2. The molecular weight excluding hydrogens is 464 g/mol. The number of halogens is 8. The summed E-state index contributed by atoms with van der Waals surface area (Å²) in [6.07, 6.45) is -9.12. The summed E-state index contributed by atoms with van der Waals surface area (Å²) in [5, 5.41) is 1.68. The molecule has 3 rings (SSSR count). The second-order valence-electron chi connectivity index (χ2n) is 7.63. The van der Waals surface area contributed by atoms with Crippen LogP contribution in [0.1, 0.15) is 29.4 Å². The largest absolute Gasteiger partial charge is 0.434 e. The first-order valence-electron chi connectivity index (χ1n) is 9.63. The molecule has 1 aliphatic heterocycles. The van der Waals surface area contributed by atoms with E-state index in [4.69, 9.17) is 5.73 Å². The Hall–Kier alpha value is -2.96. The molecule has 1 saturated heterocycles. The van der Waals surface area contributed by atoms with Gasteiger partial charge in [0, 0.05) is 37.0 Å². The van der Waals surface area contributed by atoms with Crippen molar-refractivity contribution in [3.05, 3.63) is 47.3 Å². The Bertz CT molecular complexity index is 1030. The number of aromatic nitrogens is 1. The van der Waals surface area contributed by atoms with Gasteiger partial charge in [0.2, 0.25) is 0 Å². The molecule has 1 aliphatic rings. The smallest absolute Gasteiger partial charge is 0.369 e. The highest BCUT2D eigenvalue weighted by Gasteiger charge is 2.41. The van der Waals surface area contributed by atoms with Crippen LogP contribution in [0.4, 0.5) is 40.8 Å². The van der Waals surface area contributed by atoms with E-state index < -0.39 is 70.0 Å². The number of rotatable bonds is 4. The molecule has 3 N–H and O–H groups in total. The maximum absolute atomic E-state index is 13.9. The summed E-state index contributed by atoms with van der Waals surface area (Å²) >= 11 is 0. The third-order valence-electron chi connectivity index (χ3n) is 5.10. The zero-order chi connectivity index (χ0) is 24.7. The number of nitrogens with one attached hydrogen (secondary N) is 1. The van der Waals surface area contributed by atoms with E-state index in [0.717, 1.165) is 0 Å². The van der Waals surface area contributed by atoms with Gasteiger partial charge in [-0.15, -0.1) is 0 Å². The van der Waals surface area contributed by atoms with Crippen LogP contribution in [0.2, 0.25) is 0 Å². The number of nitrogens with two attached hydrogens (primary N) is 1. The molecular formula is C20H18F8N4O. The van der Waals surface area contributed by atoms with E-state index in [-0.39, 0.29) is 13.1 Å². The quantitative estimate of drug-likeness (QED) is 0.639. The normalized spacial score (nSPS) is 17.9. The van der Waals surface area contributed by atoms with Gasteiger partial charge >= 0.3 is 12.4 Å². The molecule has 1 unspecified atom stereocenters. The van der Waals surface area contributed by atoms with E-state index in [1.54, 1.807) is 5.32 Å². The Kier molecular flexibility index (Phi) is 6.55. The molecule has 1 fully saturated rings. The van der Waals surface area contributed by atoms with Crippen molar-refractivity contribution in [2.45, 2.75) is 37.8 Å². The molecule has 5 nitrogen and oxygen atoms in total. The maximum Gasteiger partial charge on any atom is 0.434 e. The van der Waals surface area contributed by atoms with Gasteiger partial charge in [-0.05, 0) is 31.0 Å². The lowest BCUT2D eigenvalue weighted by Crippen LogP contribution is -2.43. The molecule has 1 amide bonds. The van der Waals surface area contributed by atoms with E-state index >= 15 is 0 Å². The number of alkyl halides is 6. The van der Waals surface area contributed by atoms with Gasteiger partial charge in [-0.25, -0.2) is 8.78 Å². The van der Waals surface area contributed by atoms with E-state index in [0.29, 0.717) is 37.7 Å². The summed E-state index contributed by atoms with van der Waals surface area (Å²) in [6, 6.07) is -1.15. The summed E-state index contributed by atoms with van der Waals surface area (Å²) in [5.41, 5.74) is 1.80. The second-order valence-corrected chi connectivity index (χ2v) is 7.63. The Morgan fingerprint density at radius 1 is 1.15 bits per heavy atom. The average Bonchev–Trinajstić information content (AvgIpc) is 3.10. The molecule has 0 aliphatic carbocycles. The number of carbonyl (C=O) groups is 1. The number of nitrogens with zero attached hydrogens (tertiary/aromatic N) is 2. The zero-order valence-corrected chi connectivity index (χ0v) is 17.0. The summed E-state index contributed by atoms with van der Waals surface area (Å²) in [6.45, 7) is 0.674. The van der Waals surface area contributed by atoms with Gasteiger partial charge in [-0.2, -0.15) is 26.3 Å². The predicted octanol–water partition coefficient (Wildman–Crippen LogP) is 4.26. The fourth-order valence-corrected chi connectivity index (χ4v) is 3.53. The van der Waals surface area contributed by atoms with Gasteiger partial charge in [-0.1, -0.05) is 0 Å². The van der Waals surface area contributed by atoms with Crippen LogP contribution in [0.25, 0.3) is 11.1 Å². The number of carbonyl (C=O) groups excluding carboxylic acids is 1. The van der Waals surface area contributed by atoms with Crippen LogP contribution in [-0.2, 0) is 6.18 Å². The summed E-state index contributed by atoms with van der Waals surface area (Å²) < 4.78 is 108. The number of amides is 1. The number of benzene rings is 1. The van der Waals surface area contributed by atoms with Gasteiger partial charge < -0.3 is 16.0 Å². The van der Waals surface area contributed by atoms with Crippen molar-refractivity contribution in [3.63, 3.8) is 0 Å². The lowest BCUT2D eigenvalue weighted by Gasteiger charge is -2.27. The minimum atomic E-state index is -5.11. The van der Waals surface area contributed by atoms with Gasteiger partial charge in [0.05, 0.1) is 11.3 Å². The fraction of sp³-hybridized carbons (Fsp3) is 0.400. The number of hydrogen-bond acceptors (Lipinski definition) is 4. The SMILES string of the molecule is CC(NC(=O)c1cnc(C(F)(F)F)c(-c2cc(F)cc(F)c2)c1N1CC[C@H](N)C1)C(F)(F)F. The van der Waals surface area contributed by atoms with Crippen molar-refractivity contribution in [3.8, 4) is 11.1 Å². The first kappa shape index (κ1) is 24.7. The van der Waals surface area contributed by atoms with Gasteiger partial charge in [0.25, 0.3) is 5.91 Å². The van der Waals surface area contributed by atoms with E-state index in [1.165, 1.54) is 4.90 Å². The summed E-state index contributed by atoms with van der Waals surface area (Å²) in [5.74, 6) is -3.74. The minimum absolute atomic E-state index is 0.0405. The number of hydrogen-bond donors (Lipinski definition) is 2. The Morgan fingerprint density at radius 3 is 2.24 bits per heavy atom. The molecule has 1 aromatic heterocycles. The molecule has 33 heavy (non-hydrogen) atoms. The van der Waals surface area contributed by atoms with Crippen molar-refractivity contribution < 1.29 is 39.9 Å². The van der Waals surface area contributed by atoms with Crippen molar-refractivity contribution in [1.82, 2.24) is 10.3 Å². The second kappa shape index (κ2) is 8.76. The van der Waals surface area contributed by atoms with Crippen LogP contribution in [0.5, 0.6) is 0 Å². The van der Waals surface area contributed by atoms with Crippen LogP contribution in [-0.4, -0.2) is 42.2 Å². The molecule has 2 heterocycles. The average molecular weight is 482 g/mol. The van der Waals surface area contributed by atoms with Crippen LogP contribution < -0.4 is 16.0 Å². The van der Waals surface area contributed by atoms with Crippen molar-refractivity contribution in [1.29, 1.82) is 0 Å². The maximum atomic E-state index is 13.9. The lowest BCUT2D eigenvalue weighted by molar-refractivity contribution is -0.149. The van der Waals surface area contributed by atoms with Gasteiger partial charge in [0.15, 0.2) is 5.69 Å². The van der Waals surface area contributed by atoms with Gasteiger partial charge in [0.1, 0.15) is 17.7 Å². The van der Waals surface area contributed by atoms with Crippen molar-refractivity contribution in [2.75, 3.05) is 18.0 Å². The topological polar surface area (TPSA) is 71.2 Å². The zero-order valence-electron chi connectivity index (χ0n) is 17.0. The van der Waals surface area contributed by atoms with Crippen LogP contribution in [0, 0.1) is 11.6 Å². The predicted molar refractivity (Wildman–Crippen MR) is 102 cm³/mol. The summed E-state index contributed by atoms with van der Waals surface area (Å²) in [7, 11) is 0. The van der Waals surface area contributed by atoms with E-state index in [1.807, 2.05) is 0 Å². The van der Waals surface area contributed by atoms with Crippen LogP contribution >= 0.6 is 0 Å². The third kappa shape index (κ3) is 5.34. The molecule has 0 spiro atoms. The van der Waals surface area contributed by atoms with E-state index in [2.05, 4.69) is 4.98 Å². The molecule has 2 aromatic rings. The number of anilines is 1. The minimum Gasteiger partial charge on any atom is -0.369 e. The third-order valence-corrected chi connectivity index (χ3v) is 5.10. The monoisotopic (exact) mass is 482 g/mol. The van der Waals surface area contributed by atoms with Crippen molar-refractivity contribution >= 4 is 11.6 Å². The Labute approximate surface area is 182 Å². The van der Waals surface area contributed by atoms with Crippen molar-refractivity contribution in [2.24, 2.45) is 5.73 Å². The van der Waals surface area contributed by atoms with Crippen LogP contribution in [0.15, 0.2) is 24.4 Å². The van der Waals surface area contributed by atoms with Crippen LogP contribution in [0.3, 0.4) is 0 Å². The lowest BCUT2D eigenvalue weighted by atomic mass is 9.97.